The highest BCUT2D eigenvalue weighted by Crippen LogP contribution is 2.24. The van der Waals surface area contributed by atoms with E-state index in [0.717, 1.165) is 11.3 Å². The van der Waals surface area contributed by atoms with E-state index in [2.05, 4.69) is 5.32 Å². The van der Waals surface area contributed by atoms with Crippen molar-refractivity contribution < 1.29 is 13.2 Å². The standard InChI is InChI=1S/C12H17NO3S/c1-9-7-17(14,15)8-12(13-9)10-4-3-5-11(6-10)16-2/h3-6,9,12-13H,7-8H2,1-2H3. The highest BCUT2D eigenvalue weighted by molar-refractivity contribution is 7.91. The molecule has 0 radical (unpaired) electrons. The Morgan fingerprint density at radius 3 is 2.76 bits per heavy atom. The van der Waals surface area contributed by atoms with Crippen LogP contribution >= 0.6 is 0 Å². The third-order valence-corrected chi connectivity index (χ3v) is 4.76. The maximum Gasteiger partial charge on any atom is 0.153 e. The van der Waals surface area contributed by atoms with Crippen LogP contribution in [0, 0.1) is 0 Å². The average Bonchev–Trinajstić information content (AvgIpc) is 2.26. The summed E-state index contributed by atoms with van der Waals surface area (Å²) in [6.45, 7) is 1.89. The largest absolute Gasteiger partial charge is 0.497 e. The number of hydrogen-bond acceptors (Lipinski definition) is 4. The number of ether oxygens (including phenoxy) is 1. The van der Waals surface area contributed by atoms with Crippen molar-refractivity contribution in [2.24, 2.45) is 0 Å². The van der Waals surface area contributed by atoms with Crippen molar-refractivity contribution in [1.82, 2.24) is 5.32 Å². The summed E-state index contributed by atoms with van der Waals surface area (Å²) >= 11 is 0. The zero-order valence-corrected chi connectivity index (χ0v) is 10.8. The molecule has 2 atom stereocenters. The van der Waals surface area contributed by atoms with Gasteiger partial charge in [-0.1, -0.05) is 12.1 Å². The molecule has 5 heteroatoms. The Morgan fingerprint density at radius 2 is 2.12 bits per heavy atom. The second-order valence-corrected chi connectivity index (χ2v) is 6.63. The van der Waals surface area contributed by atoms with Crippen molar-refractivity contribution in [3.05, 3.63) is 29.8 Å². The Morgan fingerprint density at radius 1 is 1.35 bits per heavy atom. The van der Waals surface area contributed by atoms with Gasteiger partial charge in [-0.2, -0.15) is 0 Å². The van der Waals surface area contributed by atoms with E-state index in [1.54, 1.807) is 7.11 Å². The fourth-order valence-corrected chi connectivity index (χ4v) is 3.98. The second kappa shape index (κ2) is 4.66. The van der Waals surface area contributed by atoms with E-state index >= 15 is 0 Å². The molecule has 1 saturated heterocycles. The van der Waals surface area contributed by atoms with Crippen molar-refractivity contribution in [1.29, 1.82) is 0 Å². The number of nitrogens with one attached hydrogen (secondary N) is 1. The Balaban J connectivity index is 2.26. The van der Waals surface area contributed by atoms with E-state index in [1.807, 2.05) is 31.2 Å². The molecule has 17 heavy (non-hydrogen) atoms. The van der Waals surface area contributed by atoms with Gasteiger partial charge in [-0.05, 0) is 24.6 Å². The van der Waals surface area contributed by atoms with Crippen LogP contribution in [0.2, 0.25) is 0 Å². The van der Waals surface area contributed by atoms with E-state index in [0.29, 0.717) is 0 Å². The lowest BCUT2D eigenvalue weighted by Crippen LogP contribution is -2.45. The molecule has 0 spiro atoms. The molecule has 94 valence electrons. The lowest BCUT2D eigenvalue weighted by molar-refractivity contribution is 0.412. The minimum atomic E-state index is -2.95. The van der Waals surface area contributed by atoms with Crippen LogP contribution in [-0.2, 0) is 9.84 Å². The molecule has 0 bridgehead atoms. The number of benzene rings is 1. The third kappa shape index (κ3) is 2.98. The fraction of sp³-hybridized carbons (Fsp3) is 0.500. The highest BCUT2D eigenvalue weighted by atomic mass is 32.2. The molecule has 0 amide bonds. The maximum absolute atomic E-state index is 11.7. The maximum atomic E-state index is 11.7. The second-order valence-electron chi connectivity index (χ2n) is 4.47. The minimum absolute atomic E-state index is 0.00930. The first-order chi connectivity index (χ1) is 8.00. The van der Waals surface area contributed by atoms with Crippen LogP contribution in [0.5, 0.6) is 5.75 Å². The normalized spacial score (nSPS) is 27.6. The van der Waals surface area contributed by atoms with E-state index in [-0.39, 0.29) is 23.6 Å². The molecular formula is C12H17NO3S. The number of sulfone groups is 1. The SMILES string of the molecule is COc1cccc(C2CS(=O)(=O)CC(C)N2)c1. The molecule has 1 fully saturated rings. The molecule has 4 nitrogen and oxygen atoms in total. The van der Waals surface area contributed by atoms with Gasteiger partial charge >= 0.3 is 0 Å². The van der Waals surface area contributed by atoms with Crippen LogP contribution in [0.3, 0.4) is 0 Å². The molecule has 0 saturated carbocycles. The van der Waals surface area contributed by atoms with Crippen LogP contribution in [0.1, 0.15) is 18.5 Å². The van der Waals surface area contributed by atoms with E-state index in [4.69, 9.17) is 4.74 Å². The number of hydrogen-bond donors (Lipinski definition) is 1. The van der Waals surface area contributed by atoms with Gasteiger partial charge in [0.05, 0.1) is 18.6 Å². The van der Waals surface area contributed by atoms with Gasteiger partial charge in [-0.15, -0.1) is 0 Å². The molecule has 0 aliphatic carbocycles. The lowest BCUT2D eigenvalue weighted by atomic mass is 10.1. The van der Waals surface area contributed by atoms with Crippen molar-refractivity contribution in [3.63, 3.8) is 0 Å². The third-order valence-electron chi connectivity index (χ3n) is 2.91. The molecular weight excluding hydrogens is 238 g/mol. The van der Waals surface area contributed by atoms with Crippen molar-refractivity contribution in [3.8, 4) is 5.75 Å². The summed E-state index contributed by atoms with van der Waals surface area (Å²) in [5, 5.41) is 3.30. The van der Waals surface area contributed by atoms with Crippen molar-refractivity contribution in [2.45, 2.75) is 19.0 Å². The van der Waals surface area contributed by atoms with Gasteiger partial charge in [0.2, 0.25) is 0 Å². The molecule has 1 aliphatic rings. The van der Waals surface area contributed by atoms with Gasteiger partial charge in [-0.25, -0.2) is 8.42 Å². The molecule has 0 aromatic heterocycles. The minimum Gasteiger partial charge on any atom is -0.497 e. The van der Waals surface area contributed by atoms with Gasteiger partial charge in [0.25, 0.3) is 0 Å². The molecule has 1 aliphatic heterocycles. The number of rotatable bonds is 2. The van der Waals surface area contributed by atoms with E-state index in [1.165, 1.54) is 0 Å². The first-order valence-electron chi connectivity index (χ1n) is 5.60. The monoisotopic (exact) mass is 255 g/mol. The fourth-order valence-electron chi connectivity index (χ4n) is 2.19. The zero-order valence-electron chi connectivity index (χ0n) is 10.0. The van der Waals surface area contributed by atoms with Gasteiger partial charge in [0.15, 0.2) is 9.84 Å². The predicted molar refractivity (Wildman–Crippen MR) is 67.0 cm³/mol. The van der Waals surface area contributed by atoms with Crippen LogP contribution in [0.4, 0.5) is 0 Å². The summed E-state index contributed by atoms with van der Waals surface area (Å²) in [5.41, 5.74) is 0.958. The molecule has 2 unspecified atom stereocenters. The van der Waals surface area contributed by atoms with Crippen LogP contribution < -0.4 is 10.1 Å². The number of methoxy groups -OCH3 is 1. The van der Waals surface area contributed by atoms with Crippen LogP contribution in [-0.4, -0.2) is 33.1 Å². The lowest BCUT2D eigenvalue weighted by Gasteiger charge is -2.29. The summed E-state index contributed by atoms with van der Waals surface area (Å²) in [6.07, 6.45) is 0. The topological polar surface area (TPSA) is 55.4 Å². The zero-order chi connectivity index (χ0) is 12.5. The quantitative estimate of drug-likeness (QED) is 0.861. The summed E-state index contributed by atoms with van der Waals surface area (Å²) < 4.78 is 28.6. The Hall–Kier alpha value is -1.07. The molecule has 1 aromatic carbocycles. The van der Waals surface area contributed by atoms with Gasteiger partial charge in [-0.3, -0.25) is 0 Å². The Labute approximate surface area is 102 Å². The van der Waals surface area contributed by atoms with E-state index < -0.39 is 9.84 Å². The first-order valence-corrected chi connectivity index (χ1v) is 7.43. The smallest absolute Gasteiger partial charge is 0.153 e. The summed E-state index contributed by atoms with van der Waals surface area (Å²) in [4.78, 5) is 0. The van der Waals surface area contributed by atoms with Crippen molar-refractivity contribution in [2.75, 3.05) is 18.6 Å². The van der Waals surface area contributed by atoms with E-state index in [9.17, 15) is 8.42 Å². The molecule has 1 N–H and O–H groups in total. The predicted octanol–water partition coefficient (Wildman–Crippen LogP) is 1.14. The Bertz CT molecular complexity index is 498. The molecule has 2 rings (SSSR count). The molecule has 1 heterocycles. The summed E-state index contributed by atoms with van der Waals surface area (Å²) in [5.74, 6) is 1.12. The summed E-state index contributed by atoms with van der Waals surface area (Å²) in [6, 6.07) is 7.38. The van der Waals surface area contributed by atoms with Crippen molar-refractivity contribution >= 4 is 9.84 Å². The average molecular weight is 255 g/mol. The molecule has 1 aromatic rings. The van der Waals surface area contributed by atoms with Crippen LogP contribution in [0.15, 0.2) is 24.3 Å². The first kappa shape index (κ1) is 12.4. The highest BCUT2D eigenvalue weighted by Gasteiger charge is 2.29. The van der Waals surface area contributed by atoms with Gasteiger partial charge in [0.1, 0.15) is 5.75 Å². The Kier molecular flexibility index (Phi) is 3.40. The summed E-state index contributed by atoms with van der Waals surface area (Å²) in [7, 11) is -1.35. The van der Waals surface area contributed by atoms with Crippen LogP contribution in [0.25, 0.3) is 0 Å². The van der Waals surface area contributed by atoms with Gasteiger partial charge in [0, 0.05) is 12.1 Å². The van der Waals surface area contributed by atoms with Gasteiger partial charge < -0.3 is 10.1 Å².